The van der Waals surface area contributed by atoms with E-state index in [0.717, 1.165) is 37.9 Å². The number of carbonyl (C=O) groups is 2. The maximum atomic E-state index is 13.1. The first-order valence-corrected chi connectivity index (χ1v) is 9.95. The average molecular weight is 448 g/mol. The molecule has 3 saturated heterocycles. The number of aliphatic carboxylic acids is 1. The number of rotatable bonds is 3. The predicted molar refractivity (Wildman–Crippen MR) is 99.1 cm³/mol. The third-order valence-corrected chi connectivity index (χ3v) is 5.66. The van der Waals surface area contributed by atoms with Crippen LogP contribution in [0.3, 0.4) is 0 Å². The van der Waals surface area contributed by atoms with Crippen LogP contribution in [0.2, 0.25) is 0 Å². The van der Waals surface area contributed by atoms with Crippen molar-refractivity contribution in [2.24, 2.45) is 5.41 Å². The molecule has 31 heavy (non-hydrogen) atoms. The largest absolute Gasteiger partial charge is 0.490 e. The van der Waals surface area contributed by atoms with Crippen LogP contribution in [-0.4, -0.2) is 72.1 Å². The van der Waals surface area contributed by atoms with E-state index < -0.39 is 17.6 Å². The van der Waals surface area contributed by atoms with Crippen molar-refractivity contribution in [2.75, 3.05) is 32.8 Å². The highest BCUT2D eigenvalue weighted by Crippen LogP contribution is 2.43. The summed E-state index contributed by atoms with van der Waals surface area (Å²) in [5.74, 6) is -2.90. The van der Waals surface area contributed by atoms with Crippen LogP contribution in [0.1, 0.15) is 24.8 Å². The monoisotopic (exact) mass is 448 g/mol. The maximum Gasteiger partial charge on any atom is 0.490 e. The Bertz CT molecular complexity index is 783. The number of alkyl halides is 3. The Hall–Kier alpha value is -2.24. The van der Waals surface area contributed by atoms with Gasteiger partial charge in [0, 0.05) is 26.2 Å². The lowest BCUT2D eigenvalue weighted by molar-refractivity contribution is -0.192. The second-order valence-electron chi connectivity index (χ2n) is 7.79. The molecular formula is C20H24F4N2O5. The summed E-state index contributed by atoms with van der Waals surface area (Å²) in [6, 6.07) is 6.59. The molecule has 3 aliphatic rings. The lowest BCUT2D eigenvalue weighted by Crippen LogP contribution is -2.57. The summed E-state index contributed by atoms with van der Waals surface area (Å²) in [7, 11) is 0. The van der Waals surface area contributed by atoms with E-state index in [1.165, 1.54) is 12.1 Å². The van der Waals surface area contributed by atoms with E-state index in [1.807, 2.05) is 12.1 Å². The van der Waals surface area contributed by atoms with E-state index in [-0.39, 0.29) is 17.8 Å². The molecule has 172 valence electrons. The minimum absolute atomic E-state index is 0.0151. The van der Waals surface area contributed by atoms with E-state index in [1.54, 1.807) is 5.06 Å². The van der Waals surface area contributed by atoms with Crippen LogP contribution in [0, 0.1) is 11.2 Å². The number of piperidine rings is 1. The molecule has 0 radical (unpaired) electrons. The number of carbonyl (C=O) groups excluding carboxylic acids is 1. The molecule has 2 atom stereocenters. The lowest BCUT2D eigenvalue weighted by atomic mass is 9.75. The van der Waals surface area contributed by atoms with Crippen LogP contribution in [0.4, 0.5) is 17.6 Å². The van der Waals surface area contributed by atoms with Gasteiger partial charge in [0.25, 0.3) is 5.91 Å². The van der Waals surface area contributed by atoms with Gasteiger partial charge < -0.3 is 9.84 Å². The van der Waals surface area contributed by atoms with Gasteiger partial charge in [-0.1, -0.05) is 12.1 Å². The summed E-state index contributed by atoms with van der Waals surface area (Å²) < 4.78 is 50.7. The van der Waals surface area contributed by atoms with E-state index >= 15 is 0 Å². The van der Waals surface area contributed by atoms with Crippen LogP contribution >= 0.6 is 0 Å². The van der Waals surface area contributed by atoms with Crippen LogP contribution in [-0.2, 0) is 25.7 Å². The summed E-state index contributed by atoms with van der Waals surface area (Å²) in [5, 5.41) is 8.67. The van der Waals surface area contributed by atoms with Crippen molar-refractivity contribution in [2.45, 2.75) is 38.1 Å². The molecule has 0 spiro atoms. The first kappa shape index (κ1) is 23.4. The molecule has 3 aliphatic heterocycles. The number of hydroxylamine groups is 2. The van der Waals surface area contributed by atoms with Gasteiger partial charge in [0.05, 0.1) is 24.7 Å². The fraction of sp³-hybridized carbons (Fsp3) is 0.600. The van der Waals surface area contributed by atoms with Gasteiger partial charge in [-0.3, -0.25) is 14.5 Å². The van der Waals surface area contributed by atoms with Crippen molar-refractivity contribution in [1.82, 2.24) is 9.96 Å². The van der Waals surface area contributed by atoms with Gasteiger partial charge in [0.1, 0.15) is 5.82 Å². The Labute approximate surface area is 176 Å². The number of ether oxygens (including phenoxy) is 1. The van der Waals surface area contributed by atoms with E-state index in [9.17, 15) is 22.4 Å². The van der Waals surface area contributed by atoms with Gasteiger partial charge in [0.2, 0.25) is 0 Å². The lowest BCUT2D eigenvalue weighted by Gasteiger charge is -2.43. The smallest absolute Gasteiger partial charge is 0.475 e. The fourth-order valence-corrected chi connectivity index (χ4v) is 4.17. The van der Waals surface area contributed by atoms with Gasteiger partial charge in [-0.2, -0.15) is 13.2 Å². The Morgan fingerprint density at radius 1 is 1.16 bits per heavy atom. The maximum absolute atomic E-state index is 13.1. The number of hydrogen-bond acceptors (Lipinski definition) is 5. The zero-order valence-electron chi connectivity index (χ0n) is 16.7. The van der Waals surface area contributed by atoms with Crippen molar-refractivity contribution >= 4 is 11.9 Å². The third-order valence-electron chi connectivity index (χ3n) is 5.66. The minimum atomic E-state index is -5.08. The number of likely N-dealkylation sites (tertiary alicyclic amines) is 1. The van der Waals surface area contributed by atoms with Crippen molar-refractivity contribution < 1.29 is 41.8 Å². The predicted octanol–water partition coefficient (Wildman–Crippen LogP) is 2.60. The van der Waals surface area contributed by atoms with E-state index in [4.69, 9.17) is 19.5 Å². The second kappa shape index (κ2) is 9.49. The SMILES string of the molecule is O=C(N1CCCO1)[C@@]12CCO[C@@H]1CCN(Cc1ccc(F)cc1)C2.O=C(O)C(F)(F)F. The molecule has 0 aromatic heterocycles. The molecule has 1 N–H and O–H groups in total. The zero-order valence-corrected chi connectivity index (χ0v) is 16.7. The van der Waals surface area contributed by atoms with Crippen LogP contribution in [0.15, 0.2) is 24.3 Å². The van der Waals surface area contributed by atoms with Crippen molar-refractivity contribution in [1.29, 1.82) is 0 Å². The summed E-state index contributed by atoms with van der Waals surface area (Å²) in [5.41, 5.74) is 0.566. The normalized spacial score (nSPS) is 26.2. The van der Waals surface area contributed by atoms with Crippen molar-refractivity contribution in [3.63, 3.8) is 0 Å². The Morgan fingerprint density at radius 2 is 1.84 bits per heavy atom. The number of hydrogen-bond donors (Lipinski definition) is 1. The molecule has 4 rings (SSSR count). The number of carboxylic acids is 1. The molecule has 1 aromatic carbocycles. The fourth-order valence-electron chi connectivity index (χ4n) is 4.17. The number of halogens is 4. The van der Waals surface area contributed by atoms with E-state index in [0.29, 0.717) is 26.3 Å². The average Bonchev–Trinajstić information content (AvgIpc) is 3.39. The number of fused-ring (bicyclic) bond motifs is 1. The summed E-state index contributed by atoms with van der Waals surface area (Å²) >= 11 is 0. The molecule has 0 unspecified atom stereocenters. The Balaban J connectivity index is 0.000000339. The summed E-state index contributed by atoms with van der Waals surface area (Å²) in [6.07, 6.45) is -2.61. The van der Waals surface area contributed by atoms with Gasteiger partial charge in [-0.15, -0.1) is 0 Å². The number of benzene rings is 1. The number of nitrogens with zero attached hydrogens (tertiary/aromatic N) is 2. The van der Waals surface area contributed by atoms with Crippen molar-refractivity contribution in [3.05, 3.63) is 35.6 Å². The third kappa shape index (κ3) is 5.52. The highest BCUT2D eigenvalue weighted by atomic mass is 19.4. The first-order chi connectivity index (χ1) is 14.6. The van der Waals surface area contributed by atoms with Gasteiger partial charge in [0.15, 0.2) is 0 Å². The van der Waals surface area contributed by atoms with Gasteiger partial charge >= 0.3 is 12.1 Å². The van der Waals surface area contributed by atoms with Crippen LogP contribution in [0.25, 0.3) is 0 Å². The molecular weight excluding hydrogens is 424 g/mol. The number of carboxylic acid groups (broad SMARTS) is 1. The highest BCUT2D eigenvalue weighted by molar-refractivity contribution is 5.83. The molecule has 11 heteroatoms. The van der Waals surface area contributed by atoms with Gasteiger partial charge in [-0.05, 0) is 37.0 Å². The molecule has 3 fully saturated rings. The quantitative estimate of drug-likeness (QED) is 0.717. The van der Waals surface area contributed by atoms with Crippen molar-refractivity contribution in [3.8, 4) is 0 Å². The van der Waals surface area contributed by atoms with Gasteiger partial charge in [-0.25, -0.2) is 14.2 Å². The van der Waals surface area contributed by atoms with Crippen LogP contribution in [0.5, 0.6) is 0 Å². The molecule has 7 nitrogen and oxygen atoms in total. The zero-order chi connectivity index (χ0) is 22.6. The minimum Gasteiger partial charge on any atom is -0.475 e. The van der Waals surface area contributed by atoms with Crippen LogP contribution < -0.4 is 0 Å². The highest BCUT2D eigenvalue weighted by Gasteiger charge is 2.55. The topological polar surface area (TPSA) is 79.3 Å². The van der Waals surface area contributed by atoms with E-state index in [2.05, 4.69) is 4.90 Å². The molecule has 0 aliphatic carbocycles. The first-order valence-electron chi connectivity index (χ1n) is 9.95. The second-order valence-corrected chi connectivity index (χ2v) is 7.79. The Kier molecular flexibility index (Phi) is 7.17. The number of amides is 1. The summed E-state index contributed by atoms with van der Waals surface area (Å²) in [6.45, 7) is 4.21. The molecule has 1 amide bonds. The standard InChI is InChI=1S/C18H23FN2O3.C2HF3O2/c19-15-4-2-14(3-5-15)12-20-9-6-16-18(13-20,7-11-23-16)17(22)21-8-1-10-24-21;3-2(4,5)1(6)7/h2-5,16H,1,6-13H2;(H,6,7)/t16-,18-;/m1./s1. The molecule has 0 bridgehead atoms. The molecule has 1 aromatic rings. The Morgan fingerprint density at radius 3 is 2.42 bits per heavy atom. The summed E-state index contributed by atoms with van der Waals surface area (Å²) in [4.78, 5) is 29.8. The molecule has 0 saturated carbocycles. The molecule has 3 heterocycles.